The zero-order valence-corrected chi connectivity index (χ0v) is 20.4. The van der Waals surface area contributed by atoms with Crippen molar-refractivity contribution in [1.29, 1.82) is 0 Å². The Bertz CT molecular complexity index is 755. The maximum absolute atomic E-state index is 10.9. The normalized spacial score (nSPS) is 20.9. The molecule has 2 atom stereocenters. The first kappa shape index (κ1) is 25.6. The topological polar surface area (TPSA) is 57.5 Å². The smallest absolute Gasteiger partial charge is 0.303 e. The average Bonchev–Trinajstić information content (AvgIpc) is 3.34. The van der Waals surface area contributed by atoms with E-state index in [0.717, 1.165) is 12.3 Å². The molecule has 0 aliphatic heterocycles. The van der Waals surface area contributed by atoms with Gasteiger partial charge in [-0.1, -0.05) is 81.4 Å². The van der Waals surface area contributed by atoms with Crippen LogP contribution in [0, 0.1) is 11.8 Å². The van der Waals surface area contributed by atoms with Gasteiger partial charge in [0.05, 0.1) is 0 Å². The molecular weight excluding hydrogens is 408 g/mol. The first-order chi connectivity index (χ1) is 16.1. The van der Waals surface area contributed by atoms with Crippen molar-refractivity contribution in [2.24, 2.45) is 11.8 Å². The van der Waals surface area contributed by atoms with Crippen molar-refractivity contribution < 1.29 is 15.0 Å². The Kier molecular flexibility index (Phi) is 10.6. The third-order valence-electron chi connectivity index (χ3n) is 8.07. The maximum atomic E-state index is 10.9. The molecule has 1 fully saturated rings. The predicted octanol–water partition coefficient (Wildman–Crippen LogP) is 8.33. The Morgan fingerprint density at radius 2 is 1.79 bits per heavy atom. The number of aliphatic carboxylic acids is 1. The number of carbonyl (C=O) groups is 1. The van der Waals surface area contributed by atoms with E-state index in [0.29, 0.717) is 18.1 Å². The average molecular weight is 453 g/mol. The number of allylic oxidation sites excluding steroid dienone is 4. The second-order valence-electron chi connectivity index (χ2n) is 10.4. The van der Waals surface area contributed by atoms with Gasteiger partial charge < -0.3 is 10.2 Å². The molecule has 1 aromatic carbocycles. The molecule has 1 saturated carbocycles. The standard InChI is InChI=1S/C30H44O3/c31-28-21-19-27(20-22-28)30(23-11-4-12-24-30)26(17-7-3-8-18-29(32)33)16-6-2-1-5-13-25-14-9-10-15-25/h3,7,9,14,19-22,25-26,31H,1-2,4-6,8,10-13,15-18,23-24H2,(H,32,33)/b7-3+/t25-,26+/m1/s1. The number of carboxylic acids is 1. The van der Waals surface area contributed by atoms with Crippen LogP contribution in [0.15, 0.2) is 48.6 Å². The zero-order valence-electron chi connectivity index (χ0n) is 20.4. The highest BCUT2D eigenvalue weighted by Crippen LogP contribution is 2.48. The summed E-state index contributed by atoms with van der Waals surface area (Å²) in [7, 11) is 0. The summed E-state index contributed by atoms with van der Waals surface area (Å²) >= 11 is 0. The minimum Gasteiger partial charge on any atom is -0.508 e. The van der Waals surface area contributed by atoms with Crippen LogP contribution in [0.4, 0.5) is 0 Å². The van der Waals surface area contributed by atoms with E-state index in [1.54, 1.807) is 0 Å². The van der Waals surface area contributed by atoms with Gasteiger partial charge >= 0.3 is 5.97 Å². The number of rotatable bonds is 14. The molecule has 182 valence electrons. The number of aromatic hydroxyl groups is 1. The Hall–Kier alpha value is -2.03. The summed E-state index contributed by atoms with van der Waals surface area (Å²) in [5, 5.41) is 18.8. The van der Waals surface area contributed by atoms with Crippen LogP contribution < -0.4 is 0 Å². The van der Waals surface area contributed by atoms with Gasteiger partial charge in [0.2, 0.25) is 0 Å². The number of hydrogen-bond acceptors (Lipinski definition) is 2. The van der Waals surface area contributed by atoms with Gasteiger partial charge in [-0.2, -0.15) is 0 Å². The molecule has 0 bridgehead atoms. The van der Waals surface area contributed by atoms with Crippen molar-refractivity contribution in [3.05, 3.63) is 54.1 Å². The van der Waals surface area contributed by atoms with E-state index in [9.17, 15) is 9.90 Å². The molecule has 3 heteroatoms. The van der Waals surface area contributed by atoms with Gasteiger partial charge in [0, 0.05) is 6.42 Å². The van der Waals surface area contributed by atoms with Crippen molar-refractivity contribution in [3.8, 4) is 5.75 Å². The molecule has 2 N–H and O–H groups in total. The second-order valence-corrected chi connectivity index (χ2v) is 10.4. The SMILES string of the molecule is O=C(O)CC/C=C/C[C@H](CCCCCC[C@@H]1C=CCC1)C1(c2ccc(O)cc2)CCCCC1. The summed E-state index contributed by atoms with van der Waals surface area (Å²) < 4.78 is 0. The van der Waals surface area contributed by atoms with E-state index in [1.165, 1.54) is 89.0 Å². The third-order valence-corrected chi connectivity index (χ3v) is 8.07. The lowest BCUT2D eigenvalue weighted by Crippen LogP contribution is -2.37. The Balaban J connectivity index is 1.62. The van der Waals surface area contributed by atoms with Crippen LogP contribution in [-0.2, 0) is 10.2 Å². The second kappa shape index (κ2) is 13.6. The van der Waals surface area contributed by atoms with Gasteiger partial charge in [-0.25, -0.2) is 0 Å². The minimum atomic E-state index is -0.725. The minimum absolute atomic E-state index is 0.178. The van der Waals surface area contributed by atoms with Crippen LogP contribution in [0.3, 0.4) is 0 Å². The fourth-order valence-electron chi connectivity index (χ4n) is 6.20. The number of phenols is 1. The highest BCUT2D eigenvalue weighted by atomic mass is 16.4. The summed E-state index contributed by atoms with van der Waals surface area (Å²) in [6, 6.07) is 8.00. The van der Waals surface area contributed by atoms with E-state index in [-0.39, 0.29) is 11.8 Å². The number of phenolic OH excluding ortho intramolecular Hbond substituents is 1. The van der Waals surface area contributed by atoms with E-state index in [4.69, 9.17) is 5.11 Å². The largest absolute Gasteiger partial charge is 0.508 e. The van der Waals surface area contributed by atoms with Gasteiger partial charge in [-0.15, -0.1) is 0 Å². The number of hydrogen-bond donors (Lipinski definition) is 2. The zero-order chi connectivity index (χ0) is 23.4. The molecule has 0 amide bonds. The Morgan fingerprint density at radius 1 is 1.03 bits per heavy atom. The van der Waals surface area contributed by atoms with Crippen molar-refractivity contribution in [2.75, 3.05) is 0 Å². The Labute approximate surface area is 201 Å². The molecule has 0 spiro atoms. The van der Waals surface area contributed by atoms with Crippen LogP contribution in [0.5, 0.6) is 5.75 Å². The van der Waals surface area contributed by atoms with Crippen molar-refractivity contribution in [1.82, 2.24) is 0 Å². The molecule has 0 unspecified atom stereocenters. The first-order valence-corrected chi connectivity index (χ1v) is 13.4. The number of unbranched alkanes of at least 4 members (excludes halogenated alkanes) is 3. The summed E-state index contributed by atoms with van der Waals surface area (Å²) in [6.07, 6.45) is 27.7. The number of benzene rings is 1. The van der Waals surface area contributed by atoms with E-state index in [2.05, 4.69) is 36.4 Å². The molecule has 0 radical (unpaired) electrons. The molecule has 0 heterocycles. The van der Waals surface area contributed by atoms with Gasteiger partial charge in [0.1, 0.15) is 5.75 Å². The lowest BCUT2D eigenvalue weighted by atomic mass is 9.60. The monoisotopic (exact) mass is 452 g/mol. The summed E-state index contributed by atoms with van der Waals surface area (Å²) in [5.41, 5.74) is 1.56. The summed E-state index contributed by atoms with van der Waals surface area (Å²) in [5.74, 6) is 1.01. The maximum Gasteiger partial charge on any atom is 0.303 e. The molecule has 2 aliphatic rings. The molecule has 3 nitrogen and oxygen atoms in total. The molecule has 3 rings (SSSR count). The van der Waals surface area contributed by atoms with E-state index < -0.39 is 5.97 Å². The van der Waals surface area contributed by atoms with E-state index >= 15 is 0 Å². The Morgan fingerprint density at radius 3 is 2.48 bits per heavy atom. The summed E-state index contributed by atoms with van der Waals surface area (Å²) in [6.45, 7) is 0. The molecule has 0 saturated heterocycles. The van der Waals surface area contributed by atoms with Gasteiger partial charge in [-0.3, -0.25) is 4.79 Å². The summed E-state index contributed by atoms with van der Waals surface area (Å²) in [4.78, 5) is 10.9. The number of carboxylic acid groups (broad SMARTS) is 1. The highest BCUT2D eigenvalue weighted by Gasteiger charge is 2.40. The molecule has 33 heavy (non-hydrogen) atoms. The van der Waals surface area contributed by atoms with Crippen LogP contribution in [0.25, 0.3) is 0 Å². The predicted molar refractivity (Wildman–Crippen MR) is 137 cm³/mol. The molecular formula is C30H44O3. The van der Waals surface area contributed by atoms with Crippen LogP contribution in [0.2, 0.25) is 0 Å². The van der Waals surface area contributed by atoms with Crippen molar-refractivity contribution in [2.45, 2.75) is 108 Å². The fourth-order valence-corrected chi connectivity index (χ4v) is 6.20. The highest BCUT2D eigenvalue weighted by molar-refractivity contribution is 5.66. The quantitative estimate of drug-likeness (QED) is 0.220. The van der Waals surface area contributed by atoms with Crippen molar-refractivity contribution in [3.63, 3.8) is 0 Å². The van der Waals surface area contributed by atoms with Gasteiger partial charge in [-0.05, 0) is 86.3 Å². The van der Waals surface area contributed by atoms with Gasteiger partial charge in [0.25, 0.3) is 0 Å². The van der Waals surface area contributed by atoms with E-state index in [1.807, 2.05) is 12.1 Å². The van der Waals surface area contributed by atoms with Crippen LogP contribution in [0.1, 0.15) is 108 Å². The molecule has 0 aromatic heterocycles. The van der Waals surface area contributed by atoms with Gasteiger partial charge in [0.15, 0.2) is 0 Å². The first-order valence-electron chi connectivity index (χ1n) is 13.4. The molecule has 2 aliphatic carbocycles. The fraction of sp³-hybridized carbons (Fsp3) is 0.633. The lowest BCUT2D eigenvalue weighted by molar-refractivity contribution is -0.136. The van der Waals surface area contributed by atoms with Crippen LogP contribution in [-0.4, -0.2) is 16.2 Å². The van der Waals surface area contributed by atoms with Crippen LogP contribution >= 0.6 is 0 Å². The third kappa shape index (κ3) is 8.05. The van der Waals surface area contributed by atoms with Crippen molar-refractivity contribution >= 4 is 5.97 Å². The lowest BCUT2D eigenvalue weighted by Gasteiger charge is -2.44. The molecule has 1 aromatic rings.